The van der Waals surface area contributed by atoms with Crippen LogP contribution in [-0.2, 0) is 0 Å². The van der Waals surface area contributed by atoms with E-state index in [0.29, 0.717) is 11.9 Å². The Morgan fingerprint density at radius 2 is 1.76 bits per heavy atom. The molecule has 3 N–H and O–H groups in total. The predicted molar refractivity (Wildman–Crippen MR) is 118 cm³/mol. The molecule has 1 aliphatic heterocycles. The zero-order valence-corrected chi connectivity index (χ0v) is 16.9. The van der Waals surface area contributed by atoms with Crippen LogP contribution in [0.2, 0.25) is 0 Å². The number of piperidine rings is 1. The predicted octanol–water partition coefficient (Wildman–Crippen LogP) is 3.93. The third-order valence-electron chi connectivity index (χ3n) is 5.00. The lowest BCUT2D eigenvalue weighted by molar-refractivity contribution is 0.263. The summed E-state index contributed by atoms with van der Waals surface area (Å²) in [6.07, 6.45) is 6.18. The lowest BCUT2D eigenvalue weighted by Crippen LogP contribution is -2.36. The molecule has 0 spiro atoms. The third-order valence-corrected chi connectivity index (χ3v) is 5.00. The Morgan fingerprint density at radius 1 is 1.00 bits per heavy atom. The van der Waals surface area contributed by atoms with E-state index in [-0.39, 0.29) is 0 Å². The monoisotopic (exact) mass is 389 g/mol. The maximum Gasteiger partial charge on any atom is 0.156 e. The zero-order chi connectivity index (χ0) is 20.1. The van der Waals surface area contributed by atoms with Crippen molar-refractivity contribution in [2.45, 2.75) is 25.8 Å². The van der Waals surface area contributed by atoms with Gasteiger partial charge < -0.3 is 15.5 Å². The van der Waals surface area contributed by atoms with Gasteiger partial charge in [-0.05, 0) is 51.5 Å². The fourth-order valence-electron chi connectivity index (χ4n) is 3.39. The van der Waals surface area contributed by atoms with Gasteiger partial charge in [0.2, 0.25) is 0 Å². The number of anilines is 3. The van der Waals surface area contributed by atoms with Gasteiger partial charge >= 0.3 is 0 Å². The van der Waals surface area contributed by atoms with Gasteiger partial charge in [-0.1, -0.05) is 36.4 Å². The topological polar surface area (TPSA) is 81.8 Å². The standard InChI is InChI=1S/C22H27N7/c1-16-14-22(28-27-16)26-21-15-20(23-18-10-12-29(2)13-11-18)24-19(25-21)9-8-17-6-4-3-5-7-17/h3-9,14-15,18H,10-13H2,1-2H3,(H3,23,24,25,26,27,28)/b9-8+. The molecular weight excluding hydrogens is 362 g/mol. The van der Waals surface area contributed by atoms with Gasteiger partial charge in [0.05, 0.1) is 0 Å². The number of likely N-dealkylation sites (tertiary alicyclic amines) is 1. The quantitative estimate of drug-likeness (QED) is 0.593. The Kier molecular flexibility index (Phi) is 5.86. The highest BCUT2D eigenvalue weighted by atomic mass is 15.2. The molecule has 1 aromatic carbocycles. The molecule has 4 rings (SSSR count). The first-order valence-electron chi connectivity index (χ1n) is 10.0. The van der Waals surface area contributed by atoms with Crippen LogP contribution in [0.25, 0.3) is 12.2 Å². The van der Waals surface area contributed by atoms with Gasteiger partial charge in [-0.3, -0.25) is 5.10 Å². The molecule has 0 saturated carbocycles. The van der Waals surface area contributed by atoms with Crippen LogP contribution in [0.3, 0.4) is 0 Å². The molecule has 0 amide bonds. The second-order valence-corrected chi connectivity index (χ2v) is 7.52. The van der Waals surface area contributed by atoms with Crippen LogP contribution >= 0.6 is 0 Å². The van der Waals surface area contributed by atoms with Gasteiger partial charge in [0.1, 0.15) is 11.6 Å². The van der Waals surface area contributed by atoms with Crippen molar-refractivity contribution in [1.29, 1.82) is 0 Å². The molecule has 0 bridgehead atoms. The van der Waals surface area contributed by atoms with E-state index in [1.165, 1.54) is 0 Å². The number of hydrogen-bond acceptors (Lipinski definition) is 6. The van der Waals surface area contributed by atoms with E-state index in [2.05, 4.69) is 49.9 Å². The second-order valence-electron chi connectivity index (χ2n) is 7.52. The summed E-state index contributed by atoms with van der Waals surface area (Å²) < 4.78 is 0. The van der Waals surface area contributed by atoms with Gasteiger partial charge in [-0.25, -0.2) is 9.97 Å². The molecule has 0 aliphatic carbocycles. The minimum Gasteiger partial charge on any atom is -0.367 e. The van der Waals surface area contributed by atoms with Crippen molar-refractivity contribution in [3.8, 4) is 0 Å². The number of nitrogens with zero attached hydrogens (tertiary/aromatic N) is 4. The van der Waals surface area contributed by atoms with E-state index in [1.807, 2.05) is 49.4 Å². The summed E-state index contributed by atoms with van der Waals surface area (Å²) in [6.45, 7) is 4.17. The van der Waals surface area contributed by atoms with Gasteiger partial charge in [0.15, 0.2) is 11.6 Å². The molecule has 3 heterocycles. The Bertz CT molecular complexity index is 956. The molecule has 7 heteroatoms. The minimum absolute atomic E-state index is 0.424. The average molecular weight is 390 g/mol. The summed E-state index contributed by atoms with van der Waals surface area (Å²) in [6, 6.07) is 14.5. The van der Waals surface area contributed by atoms with Crippen LogP contribution < -0.4 is 10.6 Å². The molecule has 1 saturated heterocycles. The number of aromatic nitrogens is 4. The van der Waals surface area contributed by atoms with Crippen LogP contribution in [0.1, 0.15) is 29.9 Å². The summed E-state index contributed by atoms with van der Waals surface area (Å²) in [5.74, 6) is 2.94. The molecular formula is C22H27N7. The van der Waals surface area contributed by atoms with Crippen molar-refractivity contribution >= 4 is 29.6 Å². The Balaban J connectivity index is 1.57. The molecule has 2 aromatic heterocycles. The Hall–Kier alpha value is -3.19. The van der Waals surface area contributed by atoms with Crippen LogP contribution in [-0.4, -0.2) is 51.2 Å². The van der Waals surface area contributed by atoms with Crippen LogP contribution in [0.15, 0.2) is 42.5 Å². The molecule has 7 nitrogen and oxygen atoms in total. The Morgan fingerprint density at radius 3 is 2.48 bits per heavy atom. The summed E-state index contributed by atoms with van der Waals surface area (Å²) >= 11 is 0. The van der Waals surface area contributed by atoms with Crippen molar-refractivity contribution < 1.29 is 0 Å². The number of nitrogens with one attached hydrogen (secondary N) is 3. The zero-order valence-electron chi connectivity index (χ0n) is 16.9. The molecule has 0 atom stereocenters. The van der Waals surface area contributed by atoms with E-state index in [1.54, 1.807) is 0 Å². The maximum atomic E-state index is 4.72. The van der Waals surface area contributed by atoms with E-state index >= 15 is 0 Å². The lowest BCUT2D eigenvalue weighted by Gasteiger charge is -2.29. The largest absolute Gasteiger partial charge is 0.367 e. The van der Waals surface area contributed by atoms with Gasteiger partial charge in [0.25, 0.3) is 0 Å². The van der Waals surface area contributed by atoms with Crippen LogP contribution in [0.5, 0.6) is 0 Å². The molecule has 150 valence electrons. The molecule has 3 aromatic rings. The summed E-state index contributed by atoms with van der Waals surface area (Å²) in [7, 11) is 2.17. The van der Waals surface area contributed by atoms with E-state index < -0.39 is 0 Å². The highest BCUT2D eigenvalue weighted by Crippen LogP contribution is 2.20. The van der Waals surface area contributed by atoms with E-state index in [4.69, 9.17) is 4.98 Å². The van der Waals surface area contributed by atoms with Crippen molar-refractivity contribution in [3.63, 3.8) is 0 Å². The van der Waals surface area contributed by atoms with Gasteiger partial charge in [-0.2, -0.15) is 5.10 Å². The lowest BCUT2D eigenvalue weighted by atomic mass is 10.1. The summed E-state index contributed by atoms with van der Waals surface area (Å²) in [5, 5.41) is 14.1. The fraction of sp³-hybridized carbons (Fsp3) is 0.318. The van der Waals surface area contributed by atoms with Crippen LogP contribution in [0, 0.1) is 6.92 Å². The number of H-pyrrole nitrogens is 1. The molecule has 0 radical (unpaired) electrons. The smallest absolute Gasteiger partial charge is 0.156 e. The SMILES string of the molecule is Cc1cc(Nc2cc(NC3CCN(C)CC3)nc(/C=C/c3ccccc3)n2)n[nH]1. The maximum absolute atomic E-state index is 4.72. The third kappa shape index (κ3) is 5.42. The first-order valence-corrected chi connectivity index (χ1v) is 10.0. The van der Waals surface area contributed by atoms with E-state index in [0.717, 1.165) is 54.6 Å². The second kappa shape index (κ2) is 8.87. The number of rotatable bonds is 6. The number of aryl methyl sites for hydroxylation is 1. The number of benzene rings is 1. The van der Waals surface area contributed by atoms with Crippen LogP contribution in [0.4, 0.5) is 17.5 Å². The summed E-state index contributed by atoms with van der Waals surface area (Å²) in [4.78, 5) is 11.7. The van der Waals surface area contributed by atoms with Crippen molar-refractivity contribution in [1.82, 2.24) is 25.1 Å². The minimum atomic E-state index is 0.424. The fourth-order valence-corrected chi connectivity index (χ4v) is 3.39. The van der Waals surface area contributed by atoms with Gasteiger partial charge in [0, 0.05) is 23.9 Å². The van der Waals surface area contributed by atoms with Crippen molar-refractivity contribution in [3.05, 3.63) is 59.5 Å². The Labute approximate surface area is 171 Å². The highest BCUT2D eigenvalue weighted by Gasteiger charge is 2.17. The summed E-state index contributed by atoms with van der Waals surface area (Å²) in [5.41, 5.74) is 2.11. The van der Waals surface area contributed by atoms with Gasteiger partial charge in [-0.15, -0.1) is 0 Å². The number of hydrogen-bond donors (Lipinski definition) is 3. The molecule has 1 fully saturated rings. The van der Waals surface area contributed by atoms with Crippen molar-refractivity contribution in [2.75, 3.05) is 30.8 Å². The normalized spacial score (nSPS) is 15.7. The first-order chi connectivity index (χ1) is 14.1. The van der Waals surface area contributed by atoms with E-state index in [9.17, 15) is 0 Å². The average Bonchev–Trinajstić information content (AvgIpc) is 3.13. The first kappa shape index (κ1) is 19.1. The number of aromatic amines is 1. The molecule has 0 unspecified atom stereocenters. The van der Waals surface area contributed by atoms with Crippen molar-refractivity contribution in [2.24, 2.45) is 0 Å². The molecule has 29 heavy (non-hydrogen) atoms. The highest BCUT2D eigenvalue weighted by molar-refractivity contribution is 5.68. The molecule has 1 aliphatic rings.